The first-order valence-electron chi connectivity index (χ1n) is 9.38. The summed E-state index contributed by atoms with van der Waals surface area (Å²) >= 11 is 10.1. The van der Waals surface area contributed by atoms with E-state index in [4.69, 9.17) is 21.1 Å². The highest BCUT2D eigenvalue weighted by molar-refractivity contribution is 9.10. The first-order valence-corrected chi connectivity index (χ1v) is 10.6. The van der Waals surface area contributed by atoms with Crippen molar-refractivity contribution in [2.24, 2.45) is 5.41 Å². The van der Waals surface area contributed by atoms with E-state index < -0.39 is 17.7 Å². The largest absolute Gasteiger partial charge is 0.464 e. The van der Waals surface area contributed by atoms with Gasteiger partial charge in [0.1, 0.15) is 5.15 Å². The van der Waals surface area contributed by atoms with Gasteiger partial charge in [-0.1, -0.05) is 25.4 Å². The van der Waals surface area contributed by atoms with Crippen molar-refractivity contribution in [3.8, 4) is 0 Å². The van der Waals surface area contributed by atoms with Gasteiger partial charge in [0, 0.05) is 19.3 Å². The van der Waals surface area contributed by atoms with E-state index in [1.165, 1.54) is 0 Å². The summed E-state index contributed by atoms with van der Waals surface area (Å²) in [4.78, 5) is 19.3. The average Bonchev–Trinajstić information content (AvgIpc) is 2.55. The topological polar surface area (TPSA) is 51.7 Å². The summed E-state index contributed by atoms with van der Waals surface area (Å²) in [5, 5.41) is 0.264. The van der Waals surface area contributed by atoms with Gasteiger partial charge in [-0.2, -0.15) is 0 Å². The van der Waals surface area contributed by atoms with Gasteiger partial charge in [0.2, 0.25) is 0 Å². The predicted octanol–water partition coefficient (Wildman–Crippen LogP) is 5.54. The number of piperidine rings is 1. The van der Waals surface area contributed by atoms with Gasteiger partial charge in [0.15, 0.2) is 6.10 Å². The number of rotatable bonds is 5. The lowest BCUT2D eigenvalue weighted by molar-refractivity contribution is -0.166. The number of esters is 1. The maximum atomic E-state index is 12.8. The second-order valence-corrected chi connectivity index (χ2v) is 9.89. The van der Waals surface area contributed by atoms with Crippen LogP contribution in [0.15, 0.2) is 10.7 Å². The Morgan fingerprint density at radius 3 is 2.48 bits per heavy atom. The summed E-state index contributed by atoms with van der Waals surface area (Å²) in [6.07, 6.45) is 2.86. The number of ether oxygens (including phenoxy) is 2. The minimum absolute atomic E-state index is 0.264. The van der Waals surface area contributed by atoms with Crippen LogP contribution in [0.25, 0.3) is 0 Å². The highest BCUT2D eigenvalue weighted by Gasteiger charge is 2.36. The molecule has 27 heavy (non-hydrogen) atoms. The van der Waals surface area contributed by atoms with Crippen molar-refractivity contribution in [2.45, 2.75) is 66.1 Å². The summed E-state index contributed by atoms with van der Waals surface area (Å²) in [6.45, 7) is 14.1. The number of pyridine rings is 1. The molecule has 1 atom stereocenters. The third-order valence-electron chi connectivity index (χ3n) is 4.66. The smallest absolute Gasteiger partial charge is 0.340 e. The van der Waals surface area contributed by atoms with Gasteiger partial charge in [-0.25, -0.2) is 9.78 Å². The van der Waals surface area contributed by atoms with Crippen LogP contribution in [0.2, 0.25) is 5.15 Å². The lowest BCUT2D eigenvalue weighted by Crippen LogP contribution is -2.39. The molecule has 0 saturated carbocycles. The molecule has 1 aliphatic rings. The highest BCUT2D eigenvalue weighted by Crippen LogP contribution is 2.43. The van der Waals surface area contributed by atoms with Crippen LogP contribution in [0, 0.1) is 5.41 Å². The lowest BCUT2D eigenvalue weighted by Gasteiger charge is -2.40. The Hall–Kier alpha value is -0.850. The van der Waals surface area contributed by atoms with Gasteiger partial charge in [-0.05, 0) is 61.9 Å². The Morgan fingerprint density at radius 1 is 1.37 bits per heavy atom. The van der Waals surface area contributed by atoms with Crippen molar-refractivity contribution in [3.63, 3.8) is 0 Å². The van der Waals surface area contributed by atoms with Crippen LogP contribution in [0.1, 0.15) is 66.1 Å². The second kappa shape index (κ2) is 8.66. The Labute approximate surface area is 175 Å². The molecule has 0 unspecified atom stereocenters. The average molecular weight is 462 g/mol. The van der Waals surface area contributed by atoms with Crippen molar-refractivity contribution >= 4 is 39.2 Å². The number of hydrogen-bond acceptors (Lipinski definition) is 5. The quantitative estimate of drug-likeness (QED) is 0.425. The van der Waals surface area contributed by atoms with Gasteiger partial charge in [-0.3, -0.25) is 0 Å². The molecule has 0 amide bonds. The fraction of sp³-hybridized carbons (Fsp3) is 0.700. The summed E-state index contributed by atoms with van der Waals surface area (Å²) in [5.74, 6) is -0.451. The molecule has 7 heteroatoms. The SMILES string of the molecule is CCOC(=O)[C@@H](OC(C)(C)C)c1c(Cl)ncc(Br)c1N1CCC(C)(C)CC1. The molecule has 1 fully saturated rings. The van der Waals surface area contributed by atoms with Crippen LogP contribution in [0.3, 0.4) is 0 Å². The van der Waals surface area contributed by atoms with E-state index in [0.717, 1.165) is 36.1 Å². The minimum Gasteiger partial charge on any atom is -0.464 e. The molecular weight excluding hydrogens is 432 g/mol. The molecular formula is C20H30BrClN2O3. The van der Waals surface area contributed by atoms with Crippen molar-refractivity contribution in [1.29, 1.82) is 0 Å². The first kappa shape index (κ1) is 22.4. The Kier molecular flexibility index (Phi) is 7.20. The Bertz CT molecular complexity index is 679. The summed E-state index contributed by atoms with van der Waals surface area (Å²) in [7, 11) is 0. The normalized spacial score (nSPS) is 18.3. The Balaban J connectivity index is 2.52. The maximum Gasteiger partial charge on any atom is 0.340 e. The number of aromatic nitrogens is 1. The molecule has 1 aromatic heterocycles. The van der Waals surface area contributed by atoms with Crippen LogP contribution in [-0.2, 0) is 14.3 Å². The summed E-state index contributed by atoms with van der Waals surface area (Å²) in [5.41, 5.74) is 1.19. The Morgan fingerprint density at radius 2 is 1.96 bits per heavy atom. The van der Waals surface area contributed by atoms with Crippen molar-refractivity contribution in [3.05, 3.63) is 21.4 Å². The van der Waals surface area contributed by atoms with E-state index in [0.29, 0.717) is 11.0 Å². The molecule has 1 saturated heterocycles. The number of anilines is 1. The van der Waals surface area contributed by atoms with Gasteiger partial charge in [0.05, 0.1) is 27.9 Å². The van der Waals surface area contributed by atoms with Crippen molar-refractivity contribution < 1.29 is 14.3 Å². The second-order valence-electron chi connectivity index (χ2n) is 8.67. The molecule has 0 aliphatic carbocycles. The third-order valence-corrected chi connectivity index (χ3v) is 5.54. The number of hydrogen-bond donors (Lipinski definition) is 0. The molecule has 0 bridgehead atoms. The molecule has 0 spiro atoms. The van der Waals surface area contributed by atoms with Gasteiger partial charge in [-0.15, -0.1) is 0 Å². The summed E-state index contributed by atoms with van der Waals surface area (Å²) in [6, 6.07) is 0. The molecule has 5 nitrogen and oxygen atoms in total. The fourth-order valence-corrected chi connectivity index (χ4v) is 3.96. The molecule has 2 rings (SSSR count). The monoisotopic (exact) mass is 460 g/mol. The van der Waals surface area contributed by atoms with E-state index >= 15 is 0 Å². The highest BCUT2D eigenvalue weighted by atomic mass is 79.9. The molecule has 0 radical (unpaired) electrons. The van der Waals surface area contributed by atoms with E-state index in [1.807, 2.05) is 20.8 Å². The van der Waals surface area contributed by atoms with E-state index in [-0.39, 0.29) is 11.8 Å². The van der Waals surface area contributed by atoms with E-state index in [2.05, 4.69) is 39.7 Å². The number of carbonyl (C=O) groups is 1. The van der Waals surface area contributed by atoms with Gasteiger partial charge >= 0.3 is 5.97 Å². The van der Waals surface area contributed by atoms with Crippen molar-refractivity contribution in [2.75, 3.05) is 24.6 Å². The van der Waals surface area contributed by atoms with Gasteiger partial charge in [0.25, 0.3) is 0 Å². The summed E-state index contributed by atoms with van der Waals surface area (Å²) < 4.78 is 12.2. The number of carbonyl (C=O) groups excluding carboxylic acids is 1. The van der Waals surface area contributed by atoms with Crippen LogP contribution in [-0.4, -0.2) is 36.3 Å². The standard InChI is InChI=1S/C20H30BrClN2O3/c1-7-26-18(25)16(27-19(2,3)4)14-15(13(21)12-23-17(14)22)24-10-8-20(5,6)9-11-24/h12,16H,7-11H2,1-6H3/t16-/m0/s1. The molecule has 1 aliphatic heterocycles. The van der Waals surface area contributed by atoms with Crippen LogP contribution >= 0.6 is 27.5 Å². The van der Waals surface area contributed by atoms with Crippen molar-refractivity contribution in [1.82, 2.24) is 4.98 Å². The lowest BCUT2D eigenvalue weighted by atomic mass is 9.82. The number of halogens is 2. The van der Waals surface area contributed by atoms with Crippen LogP contribution in [0.5, 0.6) is 0 Å². The molecule has 1 aromatic rings. The molecule has 152 valence electrons. The number of nitrogens with zero attached hydrogens (tertiary/aromatic N) is 2. The fourth-order valence-electron chi connectivity index (χ4n) is 3.16. The third kappa shape index (κ3) is 5.81. The minimum atomic E-state index is -0.938. The predicted molar refractivity (Wildman–Crippen MR) is 112 cm³/mol. The van der Waals surface area contributed by atoms with E-state index in [9.17, 15) is 4.79 Å². The zero-order valence-electron chi connectivity index (χ0n) is 17.1. The van der Waals surface area contributed by atoms with Gasteiger partial charge < -0.3 is 14.4 Å². The molecule has 2 heterocycles. The molecule has 0 N–H and O–H groups in total. The maximum absolute atomic E-state index is 12.8. The van der Waals surface area contributed by atoms with E-state index in [1.54, 1.807) is 13.1 Å². The van der Waals surface area contributed by atoms with Crippen LogP contribution < -0.4 is 4.90 Å². The van der Waals surface area contributed by atoms with Crippen LogP contribution in [0.4, 0.5) is 5.69 Å². The zero-order valence-corrected chi connectivity index (χ0v) is 19.4. The molecule has 0 aromatic carbocycles. The first-order chi connectivity index (χ1) is 12.4. The zero-order chi connectivity index (χ0) is 20.4.